The minimum Gasteiger partial charge on any atom is -0.465 e. The van der Waals surface area contributed by atoms with Gasteiger partial charge in [-0.1, -0.05) is 37.6 Å². The molecule has 1 heterocycles. The molecule has 1 amide bonds. The van der Waals surface area contributed by atoms with E-state index in [0.29, 0.717) is 25.0 Å². The maximum absolute atomic E-state index is 11.1. The fraction of sp³-hybridized carbons (Fsp3) is 0.550. The van der Waals surface area contributed by atoms with E-state index in [-0.39, 0.29) is 0 Å². The topological polar surface area (TPSA) is 43.8 Å². The van der Waals surface area contributed by atoms with E-state index in [9.17, 15) is 4.79 Å². The Kier molecular flexibility index (Phi) is 6.29. The van der Waals surface area contributed by atoms with Gasteiger partial charge < -0.3 is 14.9 Å². The second kappa shape index (κ2) is 8.22. The fourth-order valence-electron chi connectivity index (χ4n) is 3.17. The molecular weight excluding hydrogens is 300 g/mol. The molecule has 0 spiro atoms. The van der Waals surface area contributed by atoms with Crippen LogP contribution in [-0.4, -0.2) is 41.8 Å². The highest BCUT2D eigenvalue weighted by Crippen LogP contribution is 2.26. The van der Waals surface area contributed by atoms with Crippen molar-refractivity contribution in [1.82, 2.24) is 4.90 Å². The first-order chi connectivity index (χ1) is 11.4. The highest BCUT2D eigenvalue weighted by atomic mass is 16.4. The molecule has 2 rings (SSSR count). The summed E-state index contributed by atoms with van der Waals surface area (Å²) in [5, 5.41) is 9.14. The van der Waals surface area contributed by atoms with Crippen LogP contribution in [0.15, 0.2) is 35.9 Å². The minimum atomic E-state index is -0.800. The van der Waals surface area contributed by atoms with Crippen molar-refractivity contribution >= 4 is 11.8 Å². The van der Waals surface area contributed by atoms with Crippen LogP contribution in [0, 0.1) is 0 Å². The number of rotatable bonds is 5. The molecule has 0 unspecified atom stereocenters. The predicted octanol–water partition coefficient (Wildman–Crippen LogP) is 4.73. The number of carboxylic acid groups (broad SMARTS) is 1. The van der Waals surface area contributed by atoms with Crippen LogP contribution in [0.3, 0.4) is 0 Å². The number of carbonyl (C=O) groups is 1. The summed E-state index contributed by atoms with van der Waals surface area (Å²) < 4.78 is 0. The molecule has 1 fully saturated rings. The van der Waals surface area contributed by atoms with Gasteiger partial charge in [0.25, 0.3) is 0 Å². The summed E-state index contributed by atoms with van der Waals surface area (Å²) in [5.74, 6) is 0.532. The van der Waals surface area contributed by atoms with E-state index in [0.717, 1.165) is 19.4 Å². The molecule has 4 nitrogen and oxygen atoms in total. The Hall–Kier alpha value is -1.97. The number of benzene rings is 1. The lowest BCUT2D eigenvalue weighted by atomic mass is 10.00. The molecule has 24 heavy (non-hydrogen) atoms. The quantitative estimate of drug-likeness (QED) is 0.794. The number of piperidine rings is 1. The summed E-state index contributed by atoms with van der Waals surface area (Å²) in [6.07, 6.45) is 3.22. The van der Waals surface area contributed by atoms with Gasteiger partial charge in [-0.25, -0.2) is 4.79 Å². The molecule has 1 aliphatic rings. The van der Waals surface area contributed by atoms with E-state index >= 15 is 0 Å². The molecule has 0 aromatic heterocycles. The number of nitrogens with zero attached hydrogens (tertiary/aromatic N) is 2. The Morgan fingerprint density at radius 2 is 1.83 bits per heavy atom. The van der Waals surface area contributed by atoms with E-state index in [1.807, 2.05) is 0 Å². The fourth-order valence-corrected chi connectivity index (χ4v) is 3.17. The molecule has 1 N–H and O–H groups in total. The maximum atomic E-state index is 11.1. The zero-order valence-corrected chi connectivity index (χ0v) is 15.3. The van der Waals surface area contributed by atoms with Crippen molar-refractivity contribution in [2.75, 3.05) is 24.5 Å². The van der Waals surface area contributed by atoms with Crippen LogP contribution in [-0.2, 0) is 0 Å². The van der Waals surface area contributed by atoms with Crippen LogP contribution >= 0.6 is 0 Å². The Morgan fingerprint density at radius 1 is 1.25 bits per heavy atom. The summed E-state index contributed by atoms with van der Waals surface area (Å²) in [6.45, 7) is 10.8. The van der Waals surface area contributed by atoms with Gasteiger partial charge in [0.1, 0.15) is 0 Å². The van der Waals surface area contributed by atoms with Gasteiger partial charge in [-0.15, -0.1) is 0 Å². The molecule has 0 saturated carbocycles. The van der Waals surface area contributed by atoms with Gasteiger partial charge in [0, 0.05) is 31.4 Å². The third-order valence-electron chi connectivity index (χ3n) is 4.76. The summed E-state index contributed by atoms with van der Waals surface area (Å²) >= 11 is 0. The molecule has 1 aliphatic heterocycles. The molecular formula is C20H30N2O2. The number of likely N-dealkylation sites (tertiary alicyclic amines) is 1. The van der Waals surface area contributed by atoms with E-state index in [1.165, 1.54) is 21.7 Å². The number of amides is 1. The van der Waals surface area contributed by atoms with Gasteiger partial charge in [0.2, 0.25) is 0 Å². The van der Waals surface area contributed by atoms with Gasteiger partial charge in [0.05, 0.1) is 0 Å². The van der Waals surface area contributed by atoms with Crippen LogP contribution in [0.25, 0.3) is 0 Å². The molecule has 1 aromatic rings. The second-order valence-corrected chi connectivity index (χ2v) is 7.18. The van der Waals surface area contributed by atoms with Crippen molar-refractivity contribution in [2.24, 2.45) is 0 Å². The number of hydrogen-bond donors (Lipinski definition) is 1. The summed E-state index contributed by atoms with van der Waals surface area (Å²) in [6, 6.07) is 9.22. The summed E-state index contributed by atoms with van der Waals surface area (Å²) in [5.41, 5.74) is 3.88. The minimum absolute atomic E-state index is 0.390. The molecule has 0 radical (unpaired) electrons. The van der Waals surface area contributed by atoms with E-state index in [2.05, 4.69) is 62.9 Å². The monoisotopic (exact) mass is 330 g/mol. The third kappa shape index (κ3) is 4.76. The lowest BCUT2D eigenvalue weighted by Gasteiger charge is -2.38. The van der Waals surface area contributed by atoms with E-state index < -0.39 is 6.09 Å². The Labute approximate surface area is 145 Å². The average Bonchev–Trinajstić information content (AvgIpc) is 2.55. The van der Waals surface area contributed by atoms with Crippen LogP contribution in [0.1, 0.15) is 52.0 Å². The van der Waals surface area contributed by atoms with Gasteiger partial charge in [-0.3, -0.25) is 0 Å². The molecule has 132 valence electrons. The second-order valence-electron chi connectivity index (χ2n) is 7.18. The SMILES string of the molecule is CC(C)=CCN(c1ccc(C(C)C)cc1)C1CCN(C(=O)O)CC1. The molecule has 4 heteroatoms. The first-order valence-corrected chi connectivity index (χ1v) is 8.86. The smallest absolute Gasteiger partial charge is 0.407 e. The van der Waals surface area contributed by atoms with Crippen LogP contribution in [0.2, 0.25) is 0 Å². The van der Waals surface area contributed by atoms with Crippen molar-refractivity contribution in [1.29, 1.82) is 0 Å². The zero-order valence-electron chi connectivity index (χ0n) is 15.3. The summed E-state index contributed by atoms with van der Waals surface area (Å²) in [4.78, 5) is 15.1. The van der Waals surface area contributed by atoms with Gasteiger partial charge in [0.15, 0.2) is 0 Å². The third-order valence-corrected chi connectivity index (χ3v) is 4.76. The van der Waals surface area contributed by atoms with Crippen molar-refractivity contribution in [3.63, 3.8) is 0 Å². The summed E-state index contributed by atoms with van der Waals surface area (Å²) in [7, 11) is 0. The van der Waals surface area contributed by atoms with Crippen molar-refractivity contribution < 1.29 is 9.90 Å². The van der Waals surface area contributed by atoms with E-state index in [1.54, 1.807) is 0 Å². The Bertz CT molecular complexity index is 566. The first-order valence-electron chi connectivity index (χ1n) is 8.86. The molecule has 1 aromatic carbocycles. The van der Waals surface area contributed by atoms with Crippen molar-refractivity contribution in [3.8, 4) is 0 Å². The predicted molar refractivity (Wildman–Crippen MR) is 99.9 cm³/mol. The van der Waals surface area contributed by atoms with Gasteiger partial charge >= 0.3 is 6.09 Å². The molecule has 0 atom stereocenters. The van der Waals surface area contributed by atoms with Gasteiger partial charge in [-0.05, 0) is 50.3 Å². The van der Waals surface area contributed by atoms with Crippen LogP contribution in [0.4, 0.5) is 10.5 Å². The molecule has 0 bridgehead atoms. The van der Waals surface area contributed by atoms with Crippen molar-refractivity contribution in [3.05, 3.63) is 41.5 Å². The molecule has 1 saturated heterocycles. The van der Waals surface area contributed by atoms with Crippen molar-refractivity contribution in [2.45, 2.75) is 52.5 Å². The maximum Gasteiger partial charge on any atom is 0.407 e. The largest absolute Gasteiger partial charge is 0.465 e. The Balaban J connectivity index is 2.15. The number of allylic oxidation sites excluding steroid dienone is 1. The highest BCUT2D eigenvalue weighted by Gasteiger charge is 2.26. The standard InChI is InChI=1S/C20H30N2O2/c1-15(2)9-14-22(18-7-5-17(6-8-18)16(3)4)19-10-12-21(13-11-19)20(23)24/h5-9,16,19H,10-14H2,1-4H3,(H,23,24). The number of hydrogen-bond acceptors (Lipinski definition) is 2. The van der Waals surface area contributed by atoms with Crippen LogP contribution < -0.4 is 4.90 Å². The lowest BCUT2D eigenvalue weighted by molar-refractivity contribution is 0.132. The molecule has 0 aliphatic carbocycles. The lowest BCUT2D eigenvalue weighted by Crippen LogP contribution is -2.46. The highest BCUT2D eigenvalue weighted by molar-refractivity contribution is 5.65. The number of anilines is 1. The zero-order chi connectivity index (χ0) is 17.7. The average molecular weight is 330 g/mol. The van der Waals surface area contributed by atoms with Crippen LogP contribution in [0.5, 0.6) is 0 Å². The van der Waals surface area contributed by atoms with E-state index in [4.69, 9.17) is 5.11 Å². The van der Waals surface area contributed by atoms with Gasteiger partial charge in [-0.2, -0.15) is 0 Å². The Morgan fingerprint density at radius 3 is 2.29 bits per heavy atom. The first kappa shape index (κ1) is 18.4. The normalized spacial score (nSPS) is 15.5.